The Balaban J connectivity index is 1.47. The van der Waals surface area contributed by atoms with Gasteiger partial charge in [-0.15, -0.1) is 0 Å². The number of phenolic OH excluding ortho intramolecular Hbond substituents is 1. The van der Waals surface area contributed by atoms with Gasteiger partial charge in [0.15, 0.2) is 0 Å². The molecule has 1 aliphatic heterocycles. The molecule has 130 valence electrons. The number of amides is 2. The first-order valence-electron chi connectivity index (χ1n) is 8.56. The summed E-state index contributed by atoms with van der Waals surface area (Å²) in [6.45, 7) is 1.23. The normalized spacial score (nSPS) is 13.9. The number of anilines is 1. The second kappa shape index (κ2) is 7.83. The summed E-state index contributed by atoms with van der Waals surface area (Å²) in [4.78, 5) is 25.5. The second-order valence-corrected chi connectivity index (χ2v) is 6.22. The predicted octanol–water partition coefficient (Wildman–Crippen LogP) is 2.77. The first-order chi connectivity index (χ1) is 12.1. The highest BCUT2D eigenvalue weighted by Gasteiger charge is 2.21. The number of carbonyl (C=O) groups excluding carboxylic acids is 2. The number of hydrogen-bond acceptors (Lipinski definition) is 3. The van der Waals surface area contributed by atoms with E-state index in [1.807, 2.05) is 36.4 Å². The molecular weight excluding hydrogens is 316 g/mol. The van der Waals surface area contributed by atoms with Gasteiger partial charge in [0.2, 0.25) is 11.8 Å². The van der Waals surface area contributed by atoms with E-state index in [2.05, 4.69) is 5.32 Å². The van der Waals surface area contributed by atoms with Crippen LogP contribution in [0.3, 0.4) is 0 Å². The van der Waals surface area contributed by atoms with E-state index >= 15 is 0 Å². The molecule has 0 aromatic heterocycles. The molecule has 0 aliphatic carbocycles. The molecular formula is C20H22N2O3. The Morgan fingerprint density at radius 3 is 2.56 bits per heavy atom. The zero-order chi connectivity index (χ0) is 17.6. The molecule has 1 heterocycles. The molecule has 2 amide bonds. The van der Waals surface area contributed by atoms with Crippen LogP contribution in [0, 0.1) is 0 Å². The third-order valence-corrected chi connectivity index (χ3v) is 4.42. The molecule has 0 unspecified atom stereocenters. The zero-order valence-corrected chi connectivity index (χ0v) is 14.1. The van der Waals surface area contributed by atoms with Gasteiger partial charge in [0.1, 0.15) is 5.75 Å². The minimum Gasteiger partial charge on any atom is -0.508 e. The van der Waals surface area contributed by atoms with Crippen LogP contribution in [0.15, 0.2) is 48.5 Å². The van der Waals surface area contributed by atoms with Crippen LogP contribution in [0.5, 0.6) is 5.75 Å². The van der Waals surface area contributed by atoms with E-state index in [0.29, 0.717) is 25.8 Å². The maximum atomic E-state index is 12.0. The molecule has 0 radical (unpaired) electrons. The Morgan fingerprint density at radius 2 is 1.88 bits per heavy atom. The van der Waals surface area contributed by atoms with Gasteiger partial charge in [0.25, 0.3) is 0 Å². The fourth-order valence-electron chi connectivity index (χ4n) is 2.97. The lowest BCUT2D eigenvalue weighted by Crippen LogP contribution is -2.24. The molecule has 0 atom stereocenters. The minimum absolute atomic E-state index is 0.0537. The van der Waals surface area contributed by atoms with E-state index in [1.54, 1.807) is 17.0 Å². The van der Waals surface area contributed by atoms with Crippen molar-refractivity contribution in [2.75, 3.05) is 11.4 Å². The first kappa shape index (κ1) is 17.0. The third-order valence-electron chi connectivity index (χ3n) is 4.42. The number of hydrogen-bond donors (Lipinski definition) is 2. The molecule has 0 saturated carbocycles. The van der Waals surface area contributed by atoms with Gasteiger partial charge in [-0.3, -0.25) is 9.59 Å². The van der Waals surface area contributed by atoms with Crippen molar-refractivity contribution in [3.63, 3.8) is 0 Å². The number of aryl methyl sites for hydroxylation is 1. The summed E-state index contributed by atoms with van der Waals surface area (Å²) in [7, 11) is 0. The third kappa shape index (κ3) is 4.38. The molecule has 25 heavy (non-hydrogen) atoms. The highest BCUT2D eigenvalue weighted by atomic mass is 16.3. The van der Waals surface area contributed by atoms with E-state index in [4.69, 9.17) is 0 Å². The van der Waals surface area contributed by atoms with Gasteiger partial charge in [-0.1, -0.05) is 30.3 Å². The summed E-state index contributed by atoms with van der Waals surface area (Å²) >= 11 is 0. The lowest BCUT2D eigenvalue weighted by atomic mass is 10.1. The second-order valence-electron chi connectivity index (χ2n) is 6.22. The van der Waals surface area contributed by atoms with E-state index in [-0.39, 0.29) is 17.6 Å². The highest BCUT2D eigenvalue weighted by molar-refractivity contribution is 5.95. The molecule has 2 N–H and O–H groups in total. The van der Waals surface area contributed by atoms with Crippen LogP contribution >= 0.6 is 0 Å². The van der Waals surface area contributed by atoms with Crippen molar-refractivity contribution in [2.24, 2.45) is 0 Å². The van der Waals surface area contributed by atoms with Gasteiger partial charge in [0.05, 0.1) is 0 Å². The summed E-state index contributed by atoms with van der Waals surface area (Å²) in [5, 5.41) is 12.6. The molecule has 5 heteroatoms. The molecule has 5 nitrogen and oxygen atoms in total. The molecule has 0 bridgehead atoms. The highest BCUT2D eigenvalue weighted by Crippen LogP contribution is 2.21. The van der Waals surface area contributed by atoms with Gasteiger partial charge in [-0.2, -0.15) is 0 Å². The van der Waals surface area contributed by atoms with Gasteiger partial charge in [0, 0.05) is 31.6 Å². The predicted molar refractivity (Wildman–Crippen MR) is 96.3 cm³/mol. The average molecular weight is 338 g/mol. The molecule has 1 saturated heterocycles. The van der Waals surface area contributed by atoms with Crippen molar-refractivity contribution >= 4 is 17.5 Å². The fourth-order valence-corrected chi connectivity index (χ4v) is 2.97. The number of benzene rings is 2. The quantitative estimate of drug-likeness (QED) is 0.851. The van der Waals surface area contributed by atoms with Crippen LogP contribution in [0.4, 0.5) is 5.69 Å². The Hall–Kier alpha value is -2.82. The van der Waals surface area contributed by atoms with Crippen molar-refractivity contribution in [3.8, 4) is 5.75 Å². The monoisotopic (exact) mass is 338 g/mol. The van der Waals surface area contributed by atoms with Crippen molar-refractivity contribution in [3.05, 3.63) is 59.7 Å². The number of phenols is 1. The van der Waals surface area contributed by atoms with E-state index in [0.717, 1.165) is 29.8 Å². The molecule has 2 aromatic rings. The molecule has 1 aliphatic rings. The summed E-state index contributed by atoms with van der Waals surface area (Å²) in [5.74, 6) is 0.342. The summed E-state index contributed by atoms with van der Waals surface area (Å²) in [6.07, 6.45) is 2.37. The van der Waals surface area contributed by atoms with Crippen molar-refractivity contribution < 1.29 is 14.7 Å². The fraction of sp³-hybridized carbons (Fsp3) is 0.300. The number of nitrogens with zero attached hydrogens (tertiary/aromatic N) is 1. The van der Waals surface area contributed by atoms with Crippen LogP contribution in [0.25, 0.3) is 0 Å². The van der Waals surface area contributed by atoms with Gasteiger partial charge >= 0.3 is 0 Å². The maximum Gasteiger partial charge on any atom is 0.227 e. The number of para-hydroxylation sites is 1. The van der Waals surface area contributed by atoms with Crippen LogP contribution < -0.4 is 10.2 Å². The topological polar surface area (TPSA) is 69.6 Å². The minimum atomic E-state index is -0.0537. The standard InChI is InChI=1S/C20H22N2O3/c23-18-5-2-1-4-16(18)9-12-19(24)21-14-15-7-10-17(11-8-15)22-13-3-6-20(22)25/h1-2,4-5,7-8,10-11,23H,3,6,9,12-14H2,(H,21,24). The van der Waals surface area contributed by atoms with Crippen molar-refractivity contribution in [1.82, 2.24) is 5.32 Å². The Bertz CT molecular complexity index is 756. The summed E-state index contributed by atoms with van der Waals surface area (Å²) < 4.78 is 0. The largest absolute Gasteiger partial charge is 0.508 e. The van der Waals surface area contributed by atoms with Gasteiger partial charge in [-0.25, -0.2) is 0 Å². The van der Waals surface area contributed by atoms with Crippen LogP contribution in [-0.2, 0) is 22.6 Å². The molecule has 0 spiro atoms. The molecule has 1 fully saturated rings. The Labute approximate surface area is 147 Å². The van der Waals surface area contributed by atoms with Gasteiger partial charge < -0.3 is 15.3 Å². The maximum absolute atomic E-state index is 12.0. The lowest BCUT2D eigenvalue weighted by Gasteiger charge is -2.16. The lowest BCUT2D eigenvalue weighted by molar-refractivity contribution is -0.121. The van der Waals surface area contributed by atoms with Crippen LogP contribution in [-0.4, -0.2) is 23.5 Å². The molecule has 3 rings (SSSR count). The van der Waals surface area contributed by atoms with Crippen LogP contribution in [0.1, 0.15) is 30.4 Å². The Morgan fingerprint density at radius 1 is 1.12 bits per heavy atom. The van der Waals surface area contributed by atoms with Crippen molar-refractivity contribution in [1.29, 1.82) is 0 Å². The summed E-state index contributed by atoms with van der Waals surface area (Å²) in [5.41, 5.74) is 2.68. The average Bonchev–Trinajstić information content (AvgIpc) is 3.06. The Kier molecular flexibility index (Phi) is 5.33. The smallest absolute Gasteiger partial charge is 0.227 e. The number of aromatic hydroxyl groups is 1. The number of rotatable bonds is 6. The number of nitrogens with one attached hydrogen (secondary N) is 1. The van der Waals surface area contributed by atoms with E-state index < -0.39 is 0 Å². The van der Waals surface area contributed by atoms with Crippen LogP contribution in [0.2, 0.25) is 0 Å². The molecule has 2 aromatic carbocycles. The summed E-state index contributed by atoms with van der Waals surface area (Å²) in [6, 6.07) is 14.8. The van der Waals surface area contributed by atoms with E-state index in [9.17, 15) is 14.7 Å². The first-order valence-corrected chi connectivity index (χ1v) is 8.56. The van der Waals surface area contributed by atoms with Crippen molar-refractivity contribution in [2.45, 2.75) is 32.2 Å². The van der Waals surface area contributed by atoms with E-state index in [1.165, 1.54) is 0 Å². The zero-order valence-electron chi connectivity index (χ0n) is 14.1. The SMILES string of the molecule is O=C(CCc1ccccc1O)NCc1ccc(N2CCCC2=O)cc1. The number of carbonyl (C=O) groups is 2. The van der Waals surface area contributed by atoms with Gasteiger partial charge in [-0.05, 0) is 42.2 Å².